The molecule has 0 fully saturated rings. The van der Waals surface area contributed by atoms with Gasteiger partial charge in [0.1, 0.15) is 11.4 Å². The quantitative estimate of drug-likeness (QED) is 0.519. The first-order chi connectivity index (χ1) is 10.5. The van der Waals surface area contributed by atoms with E-state index in [2.05, 4.69) is 5.32 Å². The molecule has 1 N–H and O–H groups in total. The fraction of sp³-hybridized carbons (Fsp3) is 0.200. The molecule has 0 spiro atoms. The van der Waals surface area contributed by atoms with Crippen LogP contribution in [0.2, 0.25) is 0 Å². The molecule has 0 unspecified atom stereocenters. The molecule has 1 aromatic heterocycles. The van der Waals surface area contributed by atoms with Gasteiger partial charge in [0, 0.05) is 12.1 Å². The molecular weight excluding hydrogens is 286 g/mol. The van der Waals surface area contributed by atoms with Gasteiger partial charge in [0.05, 0.1) is 18.1 Å². The molecule has 0 aliphatic rings. The van der Waals surface area contributed by atoms with Crippen LogP contribution in [-0.2, 0) is 11.3 Å². The first-order valence-electron chi connectivity index (χ1n) is 6.57. The highest BCUT2D eigenvalue weighted by Gasteiger charge is 2.18. The number of anilines is 1. The minimum absolute atomic E-state index is 0.0729. The topological polar surface area (TPSA) is 85.3 Å². The maximum absolute atomic E-state index is 12.0. The van der Waals surface area contributed by atoms with Crippen LogP contribution < -0.4 is 14.6 Å². The summed E-state index contributed by atoms with van der Waals surface area (Å²) >= 11 is 0. The normalized spacial score (nSPS) is 10.1. The van der Waals surface area contributed by atoms with E-state index in [-0.39, 0.29) is 23.8 Å². The number of pyridine rings is 1. The van der Waals surface area contributed by atoms with Crippen molar-refractivity contribution in [2.24, 2.45) is 0 Å². The number of nitro groups is 1. The van der Waals surface area contributed by atoms with Crippen LogP contribution in [0.5, 0.6) is 5.75 Å². The number of benzene rings is 1. The third-order valence-corrected chi connectivity index (χ3v) is 3.06. The Morgan fingerprint density at radius 1 is 1.32 bits per heavy atom. The van der Waals surface area contributed by atoms with Crippen LogP contribution in [0.25, 0.3) is 0 Å². The summed E-state index contributed by atoms with van der Waals surface area (Å²) in [4.78, 5) is 22.5. The first-order valence-corrected chi connectivity index (χ1v) is 6.57. The maximum Gasteiger partial charge on any atom is 0.296 e. The van der Waals surface area contributed by atoms with Crippen LogP contribution in [0.15, 0.2) is 42.7 Å². The van der Waals surface area contributed by atoms with Crippen molar-refractivity contribution in [1.82, 2.24) is 0 Å². The molecule has 0 atom stereocenters. The summed E-state index contributed by atoms with van der Waals surface area (Å²) in [6.07, 6.45) is 3.55. The molecule has 0 bridgehead atoms. The van der Waals surface area contributed by atoms with Crippen molar-refractivity contribution in [3.63, 3.8) is 0 Å². The third kappa shape index (κ3) is 3.78. The third-order valence-electron chi connectivity index (χ3n) is 3.06. The number of ether oxygens (including phenoxy) is 1. The number of hydrogen-bond acceptors (Lipinski definition) is 4. The van der Waals surface area contributed by atoms with E-state index < -0.39 is 4.92 Å². The highest BCUT2D eigenvalue weighted by molar-refractivity contribution is 5.92. The van der Waals surface area contributed by atoms with E-state index in [1.807, 2.05) is 19.1 Å². The van der Waals surface area contributed by atoms with E-state index in [1.54, 1.807) is 23.0 Å². The fourth-order valence-corrected chi connectivity index (χ4v) is 1.89. The molecule has 0 saturated heterocycles. The number of hydrogen-bond donors (Lipinski definition) is 1. The first kappa shape index (κ1) is 15.4. The van der Waals surface area contributed by atoms with Crippen LogP contribution in [-0.4, -0.2) is 17.9 Å². The molecule has 0 radical (unpaired) electrons. The van der Waals surface area contributed by atoms with E-state index in [4.69, 9.17) is 4.74 Å². The Balaban J connectivity index is 2.14. The van der Waals surface area contributed by atoms with Crippen LogP contribution in [0, 0.1) is 17.0 Å². The summed E-state index contributed by atoms with van der Waals surface area (Å²) in [6, 6.07) is 8.04. The molecule has 114 valence electrons. The van der Waals surface area contributed by atoms with Gasteiger partial charge < -0.3 is 10.1 Å². The number of carbonyl (C=O) groups excluding carboxylic acids is 1. The van der Waals surface area contributed by atoms with Gasteiger partial charge in [-0.15, -0.1) is 0 Å². The Hall–Kier alpha value is -2.96. The Morgan fingerprint density at radius 2 is 2.00 bits per heavy atom. The van der Waals surface area contributed by atoms with Crippen LogP contribution in [0.3, 0.4) is 0 Å². The standard InChI is InChI=1S/C15H15N3O4/c1-11-5-7-17(8-6-11)10-15(19)16-13-4-3-12(22-2)9-14(13)18(20)21/h3-9H,10H2,1-2H3/p+1. The monoisotopic (exact) mass is 302 g/mol. The molecule has 7 heteroatoms. The summed E-state index contributed by atoms with van der Waals surface area (Å²) in [7, 11) is 1.42. The van der Waals surface area contributed by atoms with Crippen molar-refractivity contribution in [2.45, 2.75) is 13.5 Å². The predicted molar refractivity (Wildman–Crippen MR) is 79.7 cm³/mol. The van der Waals surface area contributed by atoms with Crippen LogP contribution in [0.1, 0.15) is 5.56 Å². The van der Waals surface area contributed by atoms with Gasteiger partial charge in [-0.2, -0.15) is 4.57 Å². The lowest BCUT2D eigenvalue weighted by molar-refractivity contribution is -0.684. The van der Waals surface area contributed by atoms with Gasteiger partial charge in [-0.1, -0.05) is 0 Å². The number of aromatic nitrogens is 1. The SMILES string of the molecule is COc1ccc(NC(=O)C[n+]2ccc(C)cc2)c([N+](=O)[O-])c1. The highest BCUT2D eigenvalue weighted by atomic mass is 16.6. The number of methoxy groups -OCH3 is 1. The lowest BCUT2D eigenvalue weighted by Crippen LogP contribution is -2.39. The van der Waals surface area contributed by atoms with E-state index in [9.17, 15) is 14.9 Å². The van der Waals surface area contributed by atoms with Crippen LogP contribution >= 0.6 is 0 Å². The Morgan fingerprint density at radius 3 is 2.59 bits per heavy atom. The molecular formula is C15H16N3O4+. The molecule has 0 saturated carbocycles. The number of carbonyl (C=O) groups is 1. The predicted octanol–water partition coefficient (Wildman–Crippen LogP) is 1.84. The van der Waals surface area contributed by atoms with Gasteiger partial charge >= 0.3 is 0 Å². The number of nitrogens with one attached hydrogen (secondary N) is 1. The van der Waals surface area contributed by atoms with Gasteiger partial charge in [-0.3, -0.25) is 14.9 Å². The smallest absolute Gasteiger partial charge is 0.296 e. The average molecular weight is 302 g/mol. The lowest BCUT2D eigenvalue weighted by atomic mass is 10.2. The minimum Gasteiger partial charge on any atom is -0.496 e. The lowest BCUT2D eigenvalue weighted by Gasteiger charge is -2.06. The zero-order chi connectivity index (χ0) is 16.1. The summed E-state index contributed by atoms with van der Waals surface area (Å²) in [5.74, 6) is 0.0136. The zero-order valence-corrected chi connectivity index (χ0v) is 12.3. The van der Waals surface area contributed by atoms with E-state index in [1.165, 1.54) is 19.2 Å². The molecule has 1 heterocycles. The number of nitrogens with zero attached hydrogens (tertiary/aromatic N) is 2. The highest BCUT2D eigenvalue weighted by Crippen LogP contribution is 2.28. The Bertz CT molecular complexity index is 698. The molecule has 1 aromatic carbocycles. The largest absolute Gasteiger partial charge is 0.496 e. The Kier molecular flexibility index (Phi) is 4.67. The molecule has 0 aliphatic carbocycles. The van der Waals surface area contributed by atoms with Crippen molar-refractivity contribution < 1.29 is 19.0 Å². The van der Waals surface area contributed by atoms with Gasteiger partial charge in [0.2, 0.25) is 6.54 Å². The van der Waals surface area contributed by atoms with E-state index >= 15 is 0 Å². The van der Waals surface area contributed by atoms with Gasteiger partial charge in [-0.25, -0.2) is 0 Å². The van der Waals surface area contributed by atoms with Crippen molar-refractivity contribution in [2.75, 3.05) is 12.4 Å². The summed E-state index contributed by atoms with van der Waals surface area (Å²) < 4.78 is 6.64. The number of nitro benzene ring substituents is 1. The van der Waals surface area contributed by atoms with Gasteiger partial charge in [0.15, 0.2) is 12.4 Å². The van der Waals surface area contributed by atoms with Crippen molar-refractivity contribution in [3.05, 3.63) is 58.4 Å². The van der Waals surface area contributed by atoms with Crippen LogP contribution in [0.4, 0.5) is 11.4 Å². The molecule has 7 nitrogen and oxygen atoms in total. The zero-order valence-electron chi connectivity index (χ0n) is 12.3. The second kappa shape index (κ2) is 6.66. The summed E-state index contributed by atoms with van der Waals surface area (Å²) in [6.45, 7) is 2.02. The number of aryl methyl sites for hydroxylation is 1. The average Bonchev–Trinajstić information content (AvgIpc) is 2.49. The van der Waals surface area contributed by atoms with Crippen molar-refractivity contribution >= 4 is 17.3 Å². The van der Waals surface area contributed by atoms with Gasteiger partial charge in [-0.05, 0) is 24.6 Å². The molecule has 2 rings (SSSR count). The molecule has 0 aliphatic heterocycles. The van der Waals surface area contributed by atoms with Crippen molar-refractivity contribution in [1.29, 1.82) is 0 Å². The summed E-state index contributed by atoms with van der Waals surface area (Å²) in [5.41, 5.74) is 1.02. The molecule has 2 aromatic rings. The number of amides is 1. The summed E-state index contributed by atoms with van der Waals surface area (Å²) in [5, 5.41) is 13.6. The van der Waals surface area contributed by atoms with Gasteiger partial charge in [0.25, 0.3) is 11.6 Å². The molecule has 1 amide bonds. The second-order valence-electron chi connectivity index (χ2n) is 4.74. The minimum atomic E-state index is -0.558. The van der Waals surface area contributed by atoms with E-state index in [0.717, 1.165) is 5.56 Å². The molecule has 22 heavy (non-hydrogen) atoms. The second-order valence-corrected chi connectivity index (χ2v) is 4.74. The number of rotatable bonds is 5. The maximum atomic E-state index is 12.0. The fourth-order valence-electron chi connectivity index (χ4n) is 1.89. The Labute approximate surface area is 127 Å². The van der Waals surface area contributed by atoms with E-state index in [0.29, 0.717) is 5.75 Å². The van der Waals surface area contributed by atoms with Crippen molar-refractivity contribution in [3.8, 4) is 5.75 Å².